The Kier molecular flexibility index (Phi) is 3.50. The number of carboxylic acid groups (broad SMARTS) is 1. The first-order chi connectivity index (χ1) is 13.0. The second-order valence-electron chi connectivity index (χ2n) is 7.98. The number of anilines is 1. The molecule has 6 heteroatoms. The first-order valence-corrected chi connectivity index (χ1v) is 9.41. The number of nitrogens with one attached hydrogen (secondary N) is 1. The molecular formula is C21H20N2O4. The lowest BCUT2D eigenvalue weighted by Gasteiger charge is -2.43. The Bertz CT molecular complexity index is 957. The molecule has 0 unspecified atom stereocenters. The van der Waals surface area contributed by atoms with E-state index in [0.29, 0.717) is 17.4 Å². The van der Waals surface area contributed by atoms with Gasteiger partial charge in [0.05, 0.1) is 22.1 Å². The normalized spacial score (nSPS) is 30.3. The van der Waals surface area contributed by atoms with Crippen LogP contribution in [0.4, 0.5) is 11.4 Å². The van der Waals surface area contributed by atoms with Crippen LogP contribution in [0.2, 0.25) is 0 Å². The largest absolute Gasteiger partial charge is 0.478 e. The van der Waals surface area contributed by atoms with Gasteiger partial charge in [0.25, 0.3) is 5.69 Å². The van der Waals surface area contributed by atoms with Crippen molar-refractivity contribution in [1.29, 1.82) is 0 Å². The Morgan fingerprint density at radius 3 is 2.67 bits per heavy atom. The highest BCUT2D eigenvalue weighted by Crippen LogP contribution is 2.64. The van der Waals surface area contributed by atoms with Gasteiger partial charge in [-0.2, -0.15) is 0 Å². The number of nitro groups is 1. The minimum atomic E-state index is -0.918. The summed E-state index contributed by atoms with van der Waals surface area (Å²) >= 11 is 0. The van der Waals surface area contributed by atoms with Crippen LogP contribution in [-0.4, -0.2) is 16.0 Å². The monoisotopic (exact) mass is 364 g/mol. The van der Waals surface area contributed by atoms with Crippen LogP contribution in [0.5, 0.6) is 0 Å². The summed E-state index contributed by atoms with van der Waals surface area (Å²) in [5.41, 5.74) is 3.18. The summed E-state index contributed by atoms with van der Waals surface area (Å²) in [5, 5.41) is 24.5. The molecule has 5 rings (SSSR count). The molecule has 0 amide bonds. The zero-order valence-corrected chi connectivity index (χ0v) is 14.7. The molecule has 5 atom stereocenters. The van der Waals surface area contributed by atoms with E-state index < -0.39 is 5.97 Å². The van der Waals surface area contributed by atoms with E-state index in [0.717, 1.165) is 36.1 Å². The first kappa shape index (κ1) is 16.3. The highest BCUT2D eigenvalue weighted by atomic mass is 16.6. The maximum atomic E-state index is 11.6. The zero-order valence-electron chi connectivity index (χ0n) is 14.7. The molecule has 0 radical (unpaired) electrons. The number of nitro benzene ring substituents is 1. The molecule has 1 heterocycles. The fourth-order valence-electron chi connectivity index (χ4n) is 5.85. The number of nitrogens with zero attached hydrogens (tertiary/aromatic N) is 1. The third-order valence-electron chi connectivity index (χ3n) is 6.80. The Morgan fingerprint density at radius 1 is 1.11 bits per heavy atom. The van der Waals surface area contributed by atoms with E-state index in [-0.39, 0.29) is 28.5 Å². The van der Waals surface area contributed by atoms with Crippen molar-refractivity contribution in [2.45, 2.75) is 31.2 Å². The van der Waals surface area contributed by atoms with Gasteiger partial charge in [0, 0.05) is 11.8 Å². The highest BCUT2D eigenvalue weighted by Gasteiger charge is 2.54. The number of hydrogen-bond donors (Lipinski definition) is 2. The summed E-state index contributed by atoms with van der Waals surface area (Å²) in [6, 6.07) is 12.1. The minimum absolute atomic E-state index is 0.116. The molecule has 138 valence electrons. The minimum Gasteiger partial charge on any atom is -0.478 e. The summed E-state index contributed by atoms with van der Waals surface area (Å²) in [5.74, 6) is 0.679. The van der Waals surface area contributed by atoms with Crippen LogP contribution >= 0.6 is 0 Å². The number of carboxylic acids is 1. The molecule has 2 aromatic carbocycles. The van der Waals surface area contributed by atoms with Crippen molar-refractivity contribution >= 4 is 17.3 Å². The summed E-state index contributed by atoms with van der Waals surface area (Å²) in [6.45, 7) is 0. The molecule has 3 aliphatic rings. The van der Waals surface area contributed by atoms with Crippen molar-refractivity contribution in [1.82, 2.24) is 0 Å². The van der Waals surface area contributed by atoms with E-state index in [1.165, 1.54) is 0 Å². The highest BCUT2D eigenvalue weighted by molar-refractivity contribution is 5.89. The molecular weight excluding hydrogens is 344 g/mol. The lowest BCUT2D eigenvalue weighted by Crippen LogP contribution is -2.36. The van der Waals surface area contributed by atoms with Gasteiger partial charge < -0.3 is 10.4 Å². The van der Waals surface area contributed by atoms with Gasteiger partial charge in [0.15, 0.2) is 0 Å². The van der Waals surface area contributed by atoms with Crippen LogP contribution in [0, 0.1) is 27.9 Å². The Morgan fingerprint density at radius 2 is 1.89 bits per heavy atom. The number of rotatable bonds is 3. The topological polar surface area (TPSA) is 92.5 Å². The van der Waals surface area contributed by atoms with Crippen LogP contribution in [0.1, 0.15) is 52.7 Å². The summed E-state index contributed by atoms with van der Waals surface area (Å²) in [4.78, 5) is 22.7. The number of hydrogen-bond acceptors (Lipinski definition) is 4. The van der Waals surface area contributed by atoms with Crippen molar-refractivity contribution in [2.75, 3.05) is 5.32 Å². The van der Waals surface area contributed by atoms with Crippen molar-refractivity contribution in [3.63, 3.8) is 0 Å². The molecule has 2 fully saturated rings. The Balaban J connectivity index is 1.66. The predicted octanol–water partition coefficient (Wildman–Crippen LogP) is 4.59. The van der Waals surface area contributed by atoms with Gasteiger partial charge in [0.1, 0.15) is 0 Å². The van der Waals surface area contributed by atoms with Crippen molar-refractivity contribution in [2.24, 2.45) is 17.8 Å². The van der Waals surface area contributed by atoms with E-state index in [9.17, 15) is 20.0 Å². The van der Waals surface area contributed by atoms with Crippen molar-refractivity contribution in [3.05, 3.63) is 69.3 Å². The van der Waals surface area contributed by atoms with Crippen LogP contribution < -0.4 is 5.32 Å². The Hall–Kier alpha value is -2.89. The van der Waals surface area contributed by atoms with E-state index in [1.54, 1.807) is 24.3 Å². The molecule has 2 aliphatic carbocycles. The Labute approximate surface area is 156 Å². The molecule has 27 heavy (non-hydrogen) atoms. The molecule has 1 aliphatic heterocycles. The molecule has 0 aromatic heterocycles. The third kappa shape index (κ3) is 2.36. The fraction of sp³-hybridized carbons (Fsp3) is 0.381. The maximum Gasteiger partial charge on any atom is 0.335 e. The number of para-hydroxylation sites is 1. The van der Waals surface area contributed by atoms with Gasteiger partial charge in [-0.25, -0.2) is 4.79 Å². The second kappa shape index (κ2) is 5.81. The third-order valence-corrected chi connectivity index (χ3v) is 6.80. The molecule has 2 bridgehead atoms. The van der Waals surface area contributed by atoms with E-state index in [1.807, 2.05) is 18.2 Å². The molecule has 0 spiro atoms. The molecule has 6 nitrogen and oxygen atoms in total. The van der Waals surface area contributed by atoms with Crippen LogP contribution in [0.3, 0.4) is 0 Å². The van der Waals surface area contributed by atoms with Gasteiger partial charge in [-0.1, -0.05) is 18.2 Å². The standard InChI is InChI=1S/C21H20N2O4/c24-21(25)13-7-8-16-15(10-13)18-11-5-6-12(9-11)19(18)20(22-16)14-3-1-2-4-17(14)23(26)27/h1-4,7-8,10-12,18-20,22H,5-6,9H2,(H,24,25)/t11-,12-,18-,19-,20+/m0/s1. The van der Waals surface area contributed by atoms with Crippen LogP contribution in [-0.2, 0) is 0 Å². The van der Waals surface area contributed by atoms with E-state index in [2.05, 4.69) is 5.32 Å². The average molecular weight is 364 g/mol. The molecule has 2 saturated carbocycles. The average Bonchev–Trinajstić information content (AvgIpc) is 3.29. The molecule has 2 N–H and O–H groups in total. The van der Waals surface area contributed by atoms with Crippen molar-refractivity contribution < 1.29 is 14.8 Å². The van der Waals surface area contributed by atoms with Crippen LogP contribution in [0.15, 0.2) is 42.5 Å². The number of fused-ring (bicyclic) bond motifs is 7. The molecule has 2 aromatic rings. The second-order valence-corrected chi connectivity index (χ2v) is 7.98. The summed E-state index contributed by atoms with van der Waals surface area (Å²) in [7, 11) is 0. The summed E-state index contributed by atoms with van der Waals surface area (Å²) < 4.78 is 0. The molecule has 0 saturated heterocycles. The summed E-state index contributed by atoms with van der Waals surface area (Å²) in [6.07, 6.45) is 3.44. The van der Waals surface area contributed by atoms with Crippen molar-refractivity contribution in [3.8, 4) is 0 Å². The van der Waals surface area contributed by atoms with Gasteiger partial charge >= 0.3 is 5.97 Å². The maximum absolute atomic E-state index is 11.6. The van der Waals surface area contributed by atoms with Gasteiger partial charge in [-0.3, -0.25) is 10.1 Å². The van der Waals surface area contributed by atoms with Gasteiger partial charge in [-0.05, 0) is 66.7 Å². The zero-order chi connectivity index (χ0) is 18.7. The number of carbonyl (C=O) groups is 1. The SMILES string of the molecule is O=C(O)c1ccc2c(c1)[C@@H]1[C@H]3CC[C@@H](C3)[C@@H]1[C@@H](c1ccccc1[N+](=O)[O-])N2. The predicted molar refractivity (Wildman–Crippen MR) is 99.9 cm³/mol. The number of aromatic carboxylic acids is 1. The fourth-order valence-corrected chi connectivity index (χ4v) is 5.85. The quantitative estimate of drug-likeness (QED) is 0.614. The van der Waals surface area contributed by atoms with Gasteiger partial charge in [-0.15, -0.1) is 0 Å². The van der Waals surface area contributed by atoms with Crippen LogP contribution in [0.25, 0.3) is 0 Å². The first-order valence-electron chi connectivity index (χ1n) is 9.41. The smallest absolute Gasteiger partial charge is 0.335 e. The van der Waals surface area contributed by atoms with Gasteiger partial charge in [0.2, 0.25) is 0 Å². The number of benzene rings is 2. The lowest BCUT2D eigenvalue weighted by molar-refractivity contribution is -0.385. The van der Waals surface area contributed by atoms with E-state index >= 15 is 0 Å². The van der Waals surface area contributed by atoms with E-state index in [4.69, 9.17) is 0 Å². The lowest BCUT2D eigenvalue weighted by atomic mass is 9.67.